The van der Waals surface area contributed by atoms with Gasteiger partial charge in [-0.25, -0.2) is 4.39 Å². The van der Waals surface area contributed by atoms with Gasteiger partial charge in [0.2, 0.25) is 5.95 Å². The van der Waals surface area contributed by atoms with Gasteiger partial charge in [0, 0.05) is 6.20 Å². The molecule has 7 N–H and O–H groups in total. The molecule has 1 fully saturated rings. The van der Waals surface area contributed by atoms with Crippen molar-refractivity contribution in [3.05, 3.63) is 22.4 Å². The van der Waals surface area contributed by atoms with E-state index in [2.05, 4.69) is 21.8 Å². The normalized spacial score (nSPS) is 31.5. The summed E-state index contributed by atoms with van der Waals surface area (Å²) in [4.78, 5) is 18.0. The monoisotopic (exact) mass is 339 g/mol. The Hall–Kier alpha value is -2.45. The fourth-order valence-electron chi connectivity index (χ4n) is 2.78. The number of halogens is 1. The van der Waals surface area contributed by atoms with Crippen LogP contribution in [0.25, 0.3) is 11.0 Å². The first-order valence-corrected chi connectivity index (χ1v) is 6.85. The number of nitrogens with two attached hydrogens (primary N) is 2. The minimum atomic E-state index is -2.96. The molecule has 128 valence electrons. The number of aliphatic hydroxyl groups excluding tert-OH is 1. The van der Waals surface area contributed by atoms with Gasteiger partial charge in [-0.15, -0.1) is 5.92 Å². The SMILES string of the molecule is [2H]C([2H])(O)[C@H]1O[C@@H](n2cc(F)c3c(=O)[nH]c(N)nc32)C(N)(C#CC)[C@H]1O. The zero-order chi connectivity index (χ0) is 19.4. The van der Waals surface area contributed by atoms with E-state index in [1.54, 1.807) is 0 Å². The molecule has 0 saturated carbocycles. The third kappa shape index (κ3) is 2.18. The van der Waals surface area contributed by atoms with Gasteiger partial charge in [0.1, 0.15) is 17.6 Å². The van der Waals surface area contributed by atoms with Crippen LogP contribution in [0, 0.1) is 17.7 Å². The lowest BCUT2D eigenvalue weighted by Crippen LogP contribution is -2.53. The number of aromatic amines is 1. The van der Waals surface area contributed by atoms with Crippen molar-refractivity contribution in [1.29, 1.82) is 0 Å². The summed E-state index contributed by atoms with van der Waals surface area (Å²) in [6.07, 6.45) is -4.14. The molecule has 4 atom stereocenters. The molecule has 24 heavy (non-hydrogen) atoms. The van der Waals surface area contributed by atoms with Gasteiger partial charge >= 0.3 is 0 Å². The lowest BCUT2D eigenvalue weighted by Gasteiger charge is -2.28. The summed E-state index contributed by atoms with van der Waals surface area (Å²) in [5, 5.41) is 19.6. The quantitative estimate of drug-likeness (QED) is 0.414. The molecule has 0 aromatic carbocycles. The molecule has 1 saturated heterocycles. The molecule has 2 aromatic heterocycles. The zero-order valence-corrected chi connectivity index (χ0v) is 12.4. The molecule has 1 unspecified atom stereocenters. The Balaban J connectivity index is 2.26. The summed E-state index contributed by atoms with van der Waals surface area (Å²) in [5.74, 6) is 3.76. The number of hydrogen-bond donors (Lipinski definition) is 5. The van der Waals surface area contributed by atoms with Crippen LogP contribution in [-0.4, -0.2) is 49.1 Å². The van der Waals surface area contributed by atoms with E-state index < -0.39 is 47.3 Å². The first-order chi connectivity index (χ1) is 12.0. The molecule has 3 heterocycles. The number of nitrogen functional groups attached to an aromatic ring is 1. The van der Waals surface area contributed by atoms with E-state index in [4.69, 9.17) is 18.9 Å². The highest BCUT2D eigenvalue weighted by atomic mass is 19.1. The fourth-order valence-corrected chi connectivity index (χ4v) is 2.78. The molecule has 10 heteroatoms. The maximum atomic E-state index is 14.3. The van der Waals surface area contributed by atoms with E-state index in [9.17, 15) is 19.4 Å². The van der Waals surface area contributed by atoms with Crippen molar-refractivity contribution in [3.63, 3.8) is 0 Å². The van der Waals surface area contributed by atoms with Gasteiger partial charge in [-0.05, 0) is 6.92 Å². The highest BCUT2D eigenvalue weighted by Crippen LogP contribution is 2.38. The molecule has 1 aliphatic heterocycles. The Labute approximate surface area is 137 Å². The molecule has 9 nitrogen and oxygen atoms in total. The van der Waals surface area contributed by atoms with Gasteiger partial charge < -0.3 is 26.4 Å². The lowest BCUT2D eigenvalue weighted by atomic mass is 9.91. The minimum absolute atomic E-state index is 0.229. The van der Waals surface area contributed by atoms with Crippen LogP contribution in [0.15, 0.2) is 11.0 Å². The first kappa shape index (κ1) is 13.9. The molecule has 0 spiro atoms. The van der Waals surface area contributed by atoms with Crippen molar-refractivity contribution in [3.8, 4) is 11.8 Å². The Morgan fingerprint density at radius 3 is 3.04 bits per heavy atom. The lowest BCUT2D eigenvalue weighted by molar-refractivity contribution is -0.0446. The predicted octanol–water partition coefficient (Wildman–Crippen LogP) is -1.58. The predicted molar refractivity (Wildman–Crippen MR) is 82.1 cm³/mol. The van der Waals surface area contributed by atoms with Crippen LogP contribution in [0.4, 0.5) is 10.3 Å². The molecule has 3 rings (SSSR count). The van der Waals surface area contributed by atoms with E-state index in [1.807, 2.05) is 0 Å². The van der Waals surface area contributed by atoms with E-state index in [1.165, 1.54) is 6.92 Å². The van der Waals surface area contributed by atoms with E-state index in [0.29, 0.717) is 0 Å². The Kier molecular flexibility index (Phi) is 3.24. The number of anilines is 1. The number of nitrogens with zero attached hydrogens (tertiary/aromatic N) is 2. The topological polar surface area (TPSA) is 152 Å². The summed E-state index contributed by atoms with van der Waals surface area (Å²) < 4.78 is 35.5. The first-order valence-electron chi connectivity index (χ1n) is 7.85. The number of hydrogen-bond acceptors (Lipinski definition) is 7. The summed E-state index contributed by atoms with van der Waals surface area (Å²) in [5.41, 5.74) is 8.65. The van der Waals surface area contributed by atoms with Crippen molar-refractivity contribution in [1.82, 2.24) is 14.5 Å². The number of aliphatic hydroxyl groups is 2. The largest absolute Gasteiger partial charge is 0.394 e. The Bertz CT molecular complexity index is 991. The molecule has 0 amide bonds. The van der Waals surface area contributed by atoms with Crippen molar-refractivity contribution >= 4 is 17.0 Å². The molecule has 1 aliphatic rings. The van der Waals surface area contributed by atoms with E-state index in [0.717, 1.165) is 10.8 Å². The van der Waals surface area contributed by atoms with Crippen LogP contribution < -0.4 is 17.0 Å². The Morgan fingerprint density at radius 2 is 2.42 bits per heavy atom. The van der Waals surface area contributed by atoms with Crippen molar-refractivity contribution < 1.29 is 22.1 Å². The van der Waals surface area contributed by atoms with Gasteiger partial charge in [-0.1, -0.05) is 5.92 Å². The van der Waals surface area contributed by atoms with E-state index in [-0.39, 0.29) is 11.6 Å². The third-order valence-electron chi connectivity index (χ3n) is 3.84. The average Bonchev–Trinajstić information content (AvgIpc) is 2.95. The summed E-state index contributed by atoms with van der Waals surface area (Å²) in [6.45, 7) is -1.53. The van der Waals surface area contributed by atoms with Crippen LogP contribution in [0.2, 0.25) is 0 Å². The number of fused-ring (bicyclic) bond motifs is 1. The average molecular weight is 339 g/mol. The van der Waals surface area contributed by atoms with Gasteiger partial charge in [0.05, 0.1) is 9.30 Å². The maximum absolute atomic E-state index is 14.3. The van der Waals surface area contributed by atoms with E-state index >= 15 is 0 Å². The van der Waals surface area contributed by atoms with Crippen LogP contribution in [0.3, 0.4) is 0 Å². The highest BCUT2D eigenvalue weighted by molar-refractivity contribution is 5.77. The highest BCUT2D eigenvalue weighted by Gasteiger charge is 2.54. The summed E-state index contributed by atoms with van der Waals surface area (Å²) in [7, 11) is 0. The van der Waals surface area contributed by atoms with Crippen LogP contribution in [0.5, 0.6) is 0 Å². The number of ether oxygens (including phenoxy) is 1. The van der Waals surface area contributed by atoms with Crippen molar-refractivity contribution in [2.75, 3.05) is 12.3 Å². The number of nitrogens with one attached hydrogen (secondary N) is 1. The van der Waals surface area contributed by atoms with Gasteiger partial charge in [0.25, 0.3) is 5.56 Å². The van der Waals surface area contributed by atoms with Crippen LogP contribution >= 0.6 is 0 Å². The van der Waals surface area contributed by atoms with Crippen molar-refractivity contribution in [2.45, 2.75) is 30.9 Å². The molecule has 0 radical (unpaired) electrons. The molecule has 0 bridgehead atoms. The van der Waals surface area contributed by atoms with Gasteiger partial charge in [-0.2, -0.15) is 4.98 Å². The third-order valence-corrected chi connectivity index (χ3v) is 3.84. The molecule has 0 aliphatic carbocycles. The standard InChI is InChI=1S/C14H16FN5O4/c1-2-3-14(17)9(22)7(5-21)24-12(14)20-4-6(15)8-10(20)18-13(16)19-11(8)23/h4,7,9,12,21-22H,5,17H2,1H3,(H3,16,18,19,23)/t7-,9+,12-,14?/m1/s1/i5D2. The maximum Gasteiger partial charge on any atom is 0.264 e. The van der Waals surface area contributed by atoms with Crippen LogP contribution in [0.1, 0.15) is 15.9 Å². The summed E-state index contributed by atoms with van der Waals surface area (Å²) in [6, 6.07) is 0. The minimum Gasteiger partial charge on any atom is -0.394 e. The second-order valence-electron chi connectivity index (χ2n) is 5.33. The van der Waals surface area contributed by atoms with Crippen LogP contribution in [-0.2, 0) is 4.74 Å². The van der Waals surface area contributed by atoms with Gasteiger partial charge in [0.15, 0.2) is 23.2 Å². The number of aromatic nitrogens is 3. The summed E-state index contributed by atoms with van der Waals surface area (Å²) >= 11 is 0. The number of H-pyrrole nitrogens is 1. The zero-order valence-electron chi connectivity index (χ0n) is 14.4. The smallest absolute Gasteiger partial charge is 0.264 e. The second-order valence-corrected chi connectivity index (χ2v) is 5.33. The fraction of sp³-hybridized carbons (Fsp3) is 0.429. The Morgan fingerprint density at radius 1 is 1.71 bits per heavy atom. The molecule has 2 aromatic rings. The van der Waals surface area contributed by atoms with Crippen molar-refractivity contribution in [2.24, 2.45) is 5.73 Å². The second kappa shape index (κ2) is 5.57. The van der Waals surface area contributed by atoms with Gasteiger partial charge in [-0.3, -0.25) is 14.3 Å². The number of rotatable bonds is 2. The molecular weight excluding hydrogens is 321 g/mol. The molecular formula is C14H16FN5O4.